The van der Waals surface area contributed by atoms with Crippen LogP contribution in [0, 0.1) is 6.92 Å². The summed E-state index contributed by atoms with van der Waals surface area (Å²) in [7, 11) is -0.520. The Balaban J connectivity index is 1.74. The van der Waals surface area contributed by atoms with Crippen LogP contribution in [0.5, 0.6) is 0 Å². The number of hydrogen-bond acceptors (Lipinski definition) is 4. The van der Waals surface area contributed by atoms with Gasteiger partial charge >= 0.3 is 0 Å². The van der Waals surface area contributed by atoms with Gasteiger partial charge in [-0.2, -0.15) is 0 Å². The summed E-state index contributed by atoms with van der Waals surface area (Å²) in [6, 6.07) is 13.0. The normalized spacial score (nSPS) is 13.8. The SMILES string of the molecule is Cc1ccc(NCC(=O)N2CCc3ccccc32)cc1S(=O)(=O)N(C)C. The fraction of sp³-hybridized carbons (Fsp3) is 0.316. The average Bonchev–Trinajstić information content (AvgIpc) is 3.04. The first kappa shape index (κ1) is 18.4. The zero-order valence-corrected chi connectivity index (χ0v) is 16.0. The number of carbonyl (C=O) groups is 1. The Labute approximate surface area is 154 Å². The number of amides is 1. The van der Waals surface area contributed by atoms with Gasteiger partial charge in [0.15, 0.2) is 0 Å². The molecule has 2 aromatic carbocycles. The van der Waals surface area contributed by atoms with E-state index in [-0.39, 0.29) is 17.3 Å². The number of nitrogens with zero attached hydrogens (tertiary/aromatic N) is 2. The van der Waals surface area contributed by atoms with Gasteiger partial charge in [-0.15, -0.1) is 0 Å². The van der Waals surface area contributed by atoms with Crippen molar-refractivity contribution in [3.05, 3.63) is 53.6 Å². The maximum atomic E-state index is 12.6. The number of rotatable bonds is 5. The minimum Gasteiger partial charge on any atom is -0.376 e. The van der Waals surface area contributed by atoms with E-state index >= 15 is 0 Å². The number of anilines is 2. The highest BCUT2D eigenvalue weighted by Crippen LogP contribution is 2.27. The minimum atomic E-state index is -3.53. The lowest BCUT2D eigenvalue weighted by atomic mass is 10.2. The summed E-state index contributed by atoms with van der Waals surface area (Å²) in [6.07, 6.45) is 0.859. The molecule has 0 unspecified atom stereocenters. The molecule has 7 heteroatoms. The van der Waals surface area contributed by atoms with Crippen molar-refractivity contribution in [2.75, 3.05) is 37.4 Å². The van der Waals surface area contributed by atoms with Crippen LogP contribution in [0.4, 0.5) is 11.4 Å². The number of aryl methyl sites for hydroxylation is 1. The topological polar surface area (TPSA) is 69.7 Å². The van der Waals surface area contributed by atoms with Crippen LogP contribution in [0.1, 0.15) is 11.1 Å². The van der Waals surface area contributed by atoms with Gasteiger partial charge < -0.3 is 10.2 Å². The highest BCUT2D eigenvalue weighted by molar-refractivity contribution is 7.89. The van der Waals surface area contributed by atoms with Crippen molar-refractivity contribution in [3.8, 4) is 0 Å². The summed E-state index contributed by atoms with van der Waals surface area (Å²) in [5.41, 5.74) is 3.41. The first-order chi connectivity index (χ1) is 12.3. The minimum absolute atomic E-state index is 0.0347. The van der Waals surface area contributed by atoms with Crippen LogP contribution in [0.2, 0.25) is 0 Å². The number of fused-ring (bicyclic) bond motifs is 1. The van der Waals surface area contributed by atoms with Gasteiger partial charge in [-0.1, -0.05) is 24.3 Å². The molecule has 26 heavy (non-hydrogen) atoms. The fourth-order valence-corrected chi connectivity index (χ4v) is 4.20. The van der Waals surface area contributed by atoms with Gasteiger partial charge in [-0.25, -0.2) is 12.7 Å². The Morgan fingerprint density at radius 1 is 1.19 bits per heavy atom. The fourth-order valence-electron chi connectivity index (χ4n) is 3.06. The first-order valence-corrected chi connectivity index (χ1v) is 9.90. The van der Waals surface area contributed by atoms with E-state index in [0.29, 0.717) is 17.8 Å². The smallest absolute Gasteiger partial charge is 0.246 e. The third-order valence-electron chi connectivity index (χ3n) is 4.58. The summed E-state index contributed by atoms with van der Waals surface area (Å²) in [4.78, 5) is 14.6. The summed E-state index contributed by atoms with van der Waals surface area (Å²) in [5.74, 6) is -0.0347. The van der Waals surface area contributed by atoms with Crippen molar-refractivity contribution in [2.24, 2.45) is 0 Å². The van der Waals surface area contributed by atoms with E-state index in [2.05, 4.69) is 5.32 Å². The maximum Gasteiger partial charge on any atom is 0.246 e. The van der Waals surface area contributed by atoms with Crippen molar-refractivity contribution in [1.82, 2.24) is 4.31 Å². The standard InChI is InChI=1S/C19H23N3O3S/c1-14-8-9-16(12-18(14)26(24,25)21(2)3)20-13-19(23)22-11-10-15-6-4-5-7-17(15)22/h4-9,12,20H,10-11,13H2,1-3H3. The predicted molar refractivity (Wildman–Crippen MR) is 103 cm³/mol. The molecule has 1 aliphatic rings. The number of benzene rings is 2. The first-order valence-electron chi connectivity index (χ1n) is 8.46. The molecular weight excluding hydrogens is 350 g/mol. The average molecular weight is 373 g/mol. The molecule has 0 bridgehead atoms. The molecule has 0 spiro atoms. The second-order valence-corrected chi connectivity index (χ2v) is 8.67. The summed E-state index contributed by atoms with van der Waals surface area (Å²) < 4.78 is 26.0. The Hall–Kier alpha value is -2.38. The lowest BCUT2D eigenvalue weighted by Crippen LogP contribution is -2.34. The second kappa shape index (κ2) is 7.09. The highest BCUT2D eigenvalue weighted by atomic mass is 32.2. The third-order valence-corrected chi connectivity index (χ3v) is 6.54. The molecule has 2 aromatic rings. The molecule has 3 rings (SSSR count). The number of hydrogen-bond donors (Lipinski definition) is 1. The van der Waals surface area contributed by atoms with Crippen molar-refractivity contribution in [1.29, 1.82) is 0 Å². The van der Waals surface area contributed by atoms with Crippen molar-refractivity contribution >= 4 is 27.3 Å². The van der Waals surface area contributed by atoms with Gasteiger partial charge in [0.05, 0.1) is 11.4 Å². The number of para-hydroxylation sites is 1. The number of carbonyl (C=O) groups excluding carboxylic acids is 1. The second-order valence-electron chi connectivity index (χ2n) is 6.55. The van der Waals surface area contributed by atoms with E-state index in [1.165, 1.54) is 24.0 Å². The van der Waals surface area contributed by atoms with E-state index < -0.39 is 10.0 Å². The monoisotopic (exact) mass is 373 g/mol. The lowest BCUT2D eigenvalue weighted by molar-refractivity contribution is -0.116. The Morgan fingerprint density at radius 2 is 1.92 bits per heavy atom. The van der Waals surface area contributed by atoms with Crippen LogP contribution in [0.15, 0.2) is 47.4 Å². The van der Waals surface area contributed by atoms with Crippen LogP contribution in [0.25, 0.3) is 0 Å². The van der Waals surface area contributed by atoms with Gasteiger partial charge in [0.2, 0.25) is 15.9 Å². The molecule has 1 amide bonds. The zero-order chi connectivity index (χ0) is 18.9. The number of nitrogens with one attached hydrogen (secondary N) is 1. The van der Waals surface area contributed by atoms with Crippen LogP contribution in [-0.4, -0.2) is 45.8 Å². The molecule has 1 N–H and O–H groups in total. The molecule has 0 aliphatic carbocycles. The van der Waals surface area contributed by atoms with Crippen LogP contribution in [-0.2, 0) is 21.2 Å². The summed E-state index contributed by atoms with van der Waals surface area (Å²) in [6.45, 7) is 2.54. The van der Waals surface area contributed by atoms with Crippen molar-refractivity contribution < 1.29 is 13.2 Å². The van der Waals surface area contributed by atoms with E-state index in [1.807, 2.05) is 24.3 Å². The number of sulfonamides is 1. The Morgan fingerprint density at radius 3 is 2.65 bits per heavy atom. The molecule has 0 radical (unpaired) electrons. The molecule has 1 heterocycles. The molecule has 0 saturated carbocycles. The molecule has 1 aliphatic heterocycles. The van der Waals surface area contributed by atoms with Gasteiger partial charge in [0, 0.05) is 32.0 Å². The zero-order valence-electron chi connectivity index (χ0n) is 15.2. The molecule has 0 atom stereocenters. The summed E-state index contributed by atoms with van der Waals surface area (Å²) >= 11 is 0. The largest absolute Gasteiger partial charge is 0.376 e. The van der Waals surface area contributed by atoms with Gasteiger partial charge in [-0.3, -0.25) is 4.79 Å². The van der Waals surface area contributed by atoms with Crippen molar-refractivity contribution in [3.63, 3.8) is 0 Å². The van der Waals surface area contributed by atoms with E-state index in [1.54, 1.807) is 30.0 Å². The molecular formula is C19H23N3O3S. The Kier molecular flexibility index (Phi) is 5.02. The molecule has 0 saturated heterocycles. The van der Waals surface area contributed by atoms with Crippen LogP contribution in [0.3, 0.4) is 0 Å². The van der Waals surface area contributed by atoms with Crippen LogP contribution >= 0.6 is 0 Å². The predicted octanol–water partition coefficient (Wildman–Crippen LogP) is 2.25. The van der Waals surface area contributed by atoms with Gasteiger partial charge in [-0.05, 0) is 42.7 Å². The van der Waals surface area contributed by atoms with Gasteiger partial charge in [0.25, 0.3) is 0 Å². The molecule has 6 nitrogen and oxygen atoms in total. The quantitative estimate of drug-likeness (QED) is 0.873. The molecule has 0 aromatic heterocycles. The third kappa shape index (κ3) is 3.45. The highest BCUT2D eigenvalue weighted by Gasteiger charge is 2.24. The van der Waals surface area contributed by atoms with Crippen molar-refractivity contribution in [2.45, 2.75) is 18.2 Å². The summed E-state index contributed by atoms with van der Waals surface area (Å²) in [5, 5.41) is 3.06. The molecule has 138 valence electrons. The lowest BCUT2D eigenvalue weighted by Gasteiger charge is -2.19. The van der Waals surface area contributed by atoms with E-state index in [9.17, 15) is 13.2 Å². The van der Waals surface area contributed by atoms with E-state index in [4.69, 9.17) is 0 Å². The van der Waals surface area contributed by atoms with Gasteiger partial charge in [0.1, 0.15) is 0 Å². The Bertz CT molecular complexity index is 939. The van der Waals surface area contributed by atoms with E-state index in [0.717, 1.165) is 12.1 Å². The molecule has 0 fully saturated rings. The maximum absolute atomic E-state index is 12.6. The van der Waals surface area contributed by atoms with Crippen LogP contribution < -0.4 is 10.2 Å².